The summed E-state index contributed by atoms with van der Waals surface area (Å²) in [6, 6.07) is 4.17. The molecule has 1 spiro atoms. The molecule has 0 radical (unpaired) electrons. The van der Waals surface area contributed by atoms with Gasteiger partial charge < -0.3 is 10.6 Å². The molecule has 1 aromatic rings. The van der Waals surface area contributed by atoms with Gasteiger partial charge in [-0.2, -0.15) is 0 Å². The van der Waals surface area contributed by atoms with Gasteiger partial charge in [0.1, 0.15) is 0 Å². The van der Waals surface area contributed by atoms with E-state index < -0.39 is 0 Å². The van der Waals surface area contributed by atoms with E-state index in [1.165, 1.54) is 30.6 Å². The lowest BCUT2D eigenvalue weighted by Gasteiger charge is -2.48. The van der Waals surface area contributed by atoms with Gasteiger partial charge in [-0.1, -0.05) is 6.07 Å². The molecule has 1 amide bonds. The Kier molecular flexibility index (Phi) is 2.92. The quantitative estimate of drug-likeness (QED) is 0.844. The number of piperidine rings is 1. The van der Waals surface area contributed by atoms with E-state index in [2.05, 4.69) is 10.6 Å². The molecule has 3 nitrogen and oxygen atoms in total. The maximum Gasteiger partial charge on any atom is 0.261 e. The molecule has 2 aliphatic rings. The van der Waals surface area contributed by atoms with Crippen LogP contribution in [0.2, 0.25) is 0 Å². The smallest absolute Gasteiger partial charge is 0.261 e. The molecule has 0 aromatic carbocycles. The second kappa shape index (κ2) is 4.42. The topological polar surface area (TPSA) is 41.1 Å². The van der Waals surface area contributed by atoms with Crippen molar-refractivity contribution >= 4 is 17.2 Å². The third kappa shape index (κ3) is 2.24. The number of carbonyl (C=O) groups is 1. The number of hydrogen-bond acceptors (Lipinski definition) is 3. The van der Waals surface area contributed by atoms with E-state index in [4.69, 9.17) is 0 Å². The number of nitrogens with one attached hydrogen (secondary N) is 2. The zero-order valence-corrected chi connectivity index (χ0v) is 10.7. The Bertz CT molecular complexity index is 398. The molecule has 1 saturated heterocycles. The Labute approximate surface area is 106 Å². The molecular weight excluding hydrogens is 232 g/mol. The second-order valence-corrected chi connectivity index (χ2v) is 6.15. The molecule has 1 aliphatic carbocycles. The van der Waals surface area contributed by atoms with Crippen molar-refractivity contribution in [3.63, 3.8) is 0 Å². The Morgan fingerprint density at radius 1 is 1.53 bits per heavy atom. The van der Waals surface area contributed by atoms with Crippen LogP contribution in [0.5, 0.6) is 0 Å². The number of rotatable bonds is 2. The van der Waals surface area contributed by atoms with Gasteiger partial charge in [-0.05, 0) is 50.1 Å². The molecule has 1 aromatic heterocycles. The molecule has 2 heterocycles. The van der Waals surface area contributed by atoms with Crippen LogP contribution in [-0.2, 0) is 0 Å². The fourth-order valence-corrected chi connectivity index (χ4v) is 3.56. The summed E-state index contributed by atoms with van der Waals surface area (Å²) >= 11 is 1.51. The first-order valence-corrected chi connectivity index (χ1v) is 7.25. The summed E-state index contributed by atoms with van der Waals surface area (Å²) in [5, 5.41) is 8.75. The van der Waals surface area contributed by atoms with Gasteiger partial charge >= 0.3 is 0 Å². The van der Waals surface area contributed by atoms with Crippen molar-refractivity contribution in [2.24, 2.45) is 0 Å². The molecule has 2 fully saturated rings. The molecule has 0 bridgehead atoms. The van der Waals surface area contributed by atoms with Crippen molar-refractivity contribution in [3.8, 4) is 0 Å². The number of thiophene rings is 1. The average Bonchev–Trinajstić information content (AvgIpc) is 2.81. The van der Waals surface area contributed by atoms with Crippen molar-refractivity contribution in [2.45, 2.75) is 43.7 Å². The average molecular weight is 250 g/mol. The third-order valence-electron chi connectivity index (χ3n) is 4.02. The highest BCUT2D eigenvalue weighted by Crippen LogP contribution is 2.38. The van der Waals surface area contributed by atoms with E-state index in [0.717, 1.165) is 24.3 Å². The molecular formula is C13H18N2OS. The highest BCUT2D eigenvalue weighted by atomic mass is 32.1. The fourth-order valence-electron chi connectivity index (χ4n) is 2.93. The Morgan fingerprint density at radius 3 is 3.06 bits per heavy atom. The Balaban J connectivity index is 1.60. The van der Waals surface area contributed by atoms with Gasteiger partial charge in [0.2, 0.25) is 0 Å². The number of carbonyl (C=O) groups excluding carboxylic acids is 1. The molecule has 17 heavy (non-hydrogen) atoms. The zero-order valence-electron chi connectivity index (χ0n) is 9.87. The van der Waals surface area contributed by atoms with Crippen LogP contribution in [0.15, 0.2) is 17.5 Å². The van der Waals surface area contributed by atoms with Gasteiger partial charge in [0.15, 0.2) is 0 Å². The lowest BCUT2D eigenvalue weighted by Crippen LogP contribution is -2.59. The minimum Gasteiger partial charge on any atom is -0.348 e. The lowest BCUT2D eigenvalue weighted by molar-refractivity contribution is 0.0857. The van der Waals surface area contributed by atoms with Crippen molar-refractivity contribution in [3.05, 3.63) is 22.4 Å². The summed E-state index contributed by atoms with van der Waals surface area (Å²) in [4.78, 5) is 12.8. The van der Waals surface area contributed by atoms with Crippen molar-refractivity contribution < 1.29 is 4.79 Å². The van der Waals surface area contributed by atoms with E-state index in [1.807, 2.05) is 17.5 Å². The molecule has 92 valence electrons. The molecule has 1 atom stereocenters. The first-order valence-electron chi connectivity index (χ1n) is 6.37. The summed E-state index contributed by atoms with van der Waals surface area (Å²) in [6.45, 7) is 1.04. The normalized spacial score (nSPS) is 26.5. The number of amides is 1. The fraction of sp³-hybridized carbons (Fsp3) is 0.615. The van der Waals surface area contributed by atoms with Crippen LogP contribution in [-0.4, -0.2) is 24.0 Å². The van der Waals surface area contributed by atoms with Gasteiger partial charge in [-0.3, -0.25) is 4.79 Å². The molecule has 1 unspecified atom stereocenters. The van der Waals surface area contributed by atoms with E-state index in [9.17, 15) is 4.79 Å². The Morgan fingerprint density at radius 2 is 2.41 bits per heavy atom. The van der Waals surface area contributed by atoms with Crippen LogP contribution in [0.25, 0.3) is 0 Å². The highest BCUT2D eigenvalue weighted by Gasteiger charge is 2.41. The van der Waals surface area contributed by atoms with Crippen LogP contribution < -0.4 is 10.6 Å². The number of hydrogen-bond donors (Lipinski definition) is 2. The van der Waals surface area contributed by atoms with Crippen molar-refractivity contribution in [1.82, 2.24) is 10.6 Å². The van der Waals surface area contributed by atoms with Crippen LogP contribution in [0.4, 0.5) is 0 Å². The molecule has 3 rings (SSSR count). The molecule has 4 heteroatoms. The van der Waals surface area contributed by atoms with Crippen LogP contribution in [0.3, 0.4) is 0 Å². The summed E-state index contributed by atoms with van der Waals surface area (Å²) < 4.78 is 0. The summed E-state index contributed by atoms with van der Waals surface area (Å²) in [7, 11) is 0. The van der Waals surface area contributed by atoms with E-state index in [1.54, 1.807) is 0 Å². The largest absolute Gasteiger partial charge is 0.348 e. The summed E-state index contributed by atoms with van der Waals surface area (Å²) in [6.07, 6.45) is 6.04. The van der Waals surface area contributed by atoms with Gasteiger partial charge in [0.05, 0.1) is 4.88 Å². The summed E-state index contributed by atoms with van der Waals surface area (Å²) in [5.41, 5.74) is 0.353. The van der Waals surface area contributed by atoms with Gasteiger partial charge in [-0.25, -0.2) is 0 Å². The predicted molar refractivity (Wildman–Crippen MR) is 69.4 cm³/mol. The minimum atomic E-state index is 0.0985. The van der Waals surface area contributed by atoms with Crippen molar-refractivity contribution in [1.29, 1.82) is 0 Å². The SMILES string of the molecule is O=C(NC1CCNC2(CCC2)C1)c1cccs1. The first kappa shape index (κ1) is 11.2. The van der Waals surface area contributed by atoms with Crippen LogP contribution in [0, 0.1) is 0 Å². The lowest BCUT2D eigenvalue weighted by atomic mass is 9.70. The maximum atomic E-state index is 12.0. The monoisotopic (exact) mass is 250 g/mol. The summed E-state index contributed by atoms with van der Waals surface area (Å²) in [5.74, 6) is 0.0985. The van der Waals surface area contributed by atoms with Crippen LogP contribution >= 0.6 is 11.3 Å². The van der Waals surface area contributed by atoms with Gasteiger partial charge in [-0.15, -0.1) is 11.3 Å². The zero-order chi connectivity index (χ0) is 11.7. The van der Waals surface area contributed by atoms with E-state index in [0.29, 0.717) is 11.6 Å². The molecule has 1 saturated carbocycles. The molecule has 1 aliphatic heterocycles. The van der Waals surface area contributed by atoms with E-state index >= 15 is 0 Å². The maximum absolute atomic E-state index is 12.0. The first-order chi connectivity index (χ1) is 8.27. The second-order valence-electron chi connectivity index (χ2n) is 5.20. The van der Waals surface area contributed by atoms with Crippen LogP contribution in [0.1, 0.15) is 41.8 Å². The standard InChI is InChI=1S/C13H18N2OS/c16-12(11-3-1-8-17-11)15-10-4-7-14-13(9-10)5-2-6-13/h1,3,8,10,14H,2,4-7,9H2,(H,15,16). The van der Waals surface area contributed by atoms with E-state index in [-0.39, 0.29) is 5.91 Å². The van der Waals surface area contributed by atoms with Gasteiger partial charge in [0, 0.05) is 11.6 Å². The predicted octanol–water partition coefficient (Wildman–Crippen LogP) is 2.15. The molecule has 2 N–H and O–H groups in total. The van der Waals surface area contributed by atoms with Gasteiger partial charge in [0.25, 0.3) is 5.91 Å². The Hall–Kier alpha value is -0.870. The van der Waals surface area contributed by atoms with Crippen molar-refractivity contribution in [2.75, 3.05) is 6.54 Å². The highest BCUT2D eigenvalue weighted by molar-refractivity contribution is 7.12. The minimum absolute atomic E-state index is 0.0985. The third-order valence-corrected chi connectivity index (χ3v) is 4.89.